The van der Waals surface area contributed by atoms with Crippen LogP contribution < -0.4 is 10.2 Å². The lowest BCUT2D eigenvalue weighted by molar-refractivity contribution is -0.137. The van der Waals surface area contributed by atoms with E-state index in [1.807, 2.05) is 26.0 Å². The van der Waals surface area contributed by atoms with Crippen LogP contribution in [0, 0.1) is 6.92 Å². The number of nitrogens with one attached hydrogen (secondary N) is 1. The van der Waals surface area contributed by atoms with E-state index in [4.69, 9.17) is 0 Å². The summed E-state index contributed by atoms with van der Waals surface area (Å²) in [5.74, 6) is 0.363. The van der Waals surface area contributed by atoms with E-state index in [1.165, 1.54) is 17.0 Å². The molecular weight excluding hydrogens is 395 g/mol. The number of pyridine rings is 1. The summed E-state index contributed by atoms with van der Waals surface area (Å²) in [4.78, 5) is 19.2. The highest BCUT2D eigenvalue weighted by Gasteiger charge is 2.35. The van der Waals surface area contributed by atoms with Gasteiger partial charge >= 0.3 is 6.18 Å². The molecule has 0 bridgehead atoms. The fraction of sp³-hybridized carbons (Fsp3) is 0.286. The number of anilines is 2. The van der Waals surface area contributed by atoms with Gasteiger partial charge in [0.25, 0.3) is 5.91 Å². The van der Waals surface area contributed by atoms with Crippen LogP contribution >= 0.6 is 0 Å². The number of hydrogen-bond acceptors (Lipinski definition) is 4. The molecule has 30 heavy (non-hydrogen) atoms. The zero-order valence-corrected chi connectivity index (χ0v) is 16.7. The molecule has 0 fully saturated rings. The third kappa shape index (κ3) is 3.40. The van der Waals surface area contributed by atoms with Crippen LogP contribution in [0.5, 0.6) is 0 Å². The van der Waals surface area contributed by atoms with Gasteiger partial charge in [-0.1, -0.05) is 0 Å². The van der Waals surface area contributed by atoms with Gasteiger partial charge in [0, 0.05) is 30.5 Å². The predicted molar refractivity (Wildman–Crippen MR) is 108 cm³/mol. The van der Waals surface area contributed by atoms with E-state index in [-0.39, 0.29) is 11.9 Å². The smallest absolute Gasteiger partial charge is 0.373 e. The fourth-order valence-electron chi connectivity index (χ4n) is 3.68. The highest BCUT2D eigenvalue weighted by molar-refractivity contribution is 6.09. The van der Waals surface area contributed by atoms with Crippen LogP contribution in [0.3, 0.4) is 0 Å². The van der Waals surface area contributed by atoms with E-state index < -0.39 is 11.7 Å². The number of aryl methyl sites for hydroxylation is 1. The Labute approximate surface area is 171 Å². The first kappa shape index (κ1) is 19.9. The van der Waals surface area contributed by atoms with Gasteiger partial charge in [-0.05, 0) is 55.8 Å². The summed E-state index contributed by atoms with van der Waals surface area (Å²) in [5.41, 5.74) is 2.31. The van der Waals surface area contributed by atoms with Crippen LogP contribution in [-0.2, 0) is 6.18 Å². The Hall–Kier alpha value is -3.36. The van der Waals surface area contributed by atoms with Crippen molar-refractivity contribution in [3.05, 3.63) is 59.5 Å². The van der Waals surface area contributed by atoms with E-state index in [2.05, 4.69) is 15.4 Å². The molecule has 1 N–H and O–H groups in total. The summed E-state index contributed by atoms with van der Waals surface area (Å²) in [6.45, 7) is 4.09. The fourth-order valence-corrected chi connectivity index (χ4v) is 3.68. The van der Waals surface area contributed by atoms with E-state index in [0.717, 1.165) is 23.4 Å². The molecule has 0 aliphatic carbocycles. The molecule has 1 amide bonds. The van der Waals surface area contributed by atoms with Crippen LogP contribution in [0.4, 0.5) is 24.7 Å². The zero-order valence-electron chi connectivity index (χ0n) is 16.7. The first-order valence-corrected chi connectivity index (χ1v) is 9.42. The average Bonchev–Trinajstić information content (AvgIpc) is 3.16. The Morgan fingerprint density at radius 2 is 1.87 bits per heavy atom. The molecule has 6 nitrogen and oxygen atoms in total. The van der Waals surface area contributed by atoms with Crippen LogP contribution in [0.15, 0.2) is 42.6 Å². The number of nitrogens with zero attached hydrogens (tertiary/aromatic N) is 4. The molecule has 4 rings (SSSR count). The number of hydrogen-bond donors (Lipinski definition) is 1. The Kier molecular flexibility index (Phi) is 4.76. The molecule has 0 saturated carbocycles. The number of halogens is 3. The van der Waals surface area contributed by atoms with E-state index in [9.17, 15) is 18.0 Å². The summed E-state index contributed by atoms with van der Waals surface area (Å²) >= 11 is 0. The van der Waals surface area contributed by atoms with Crippen molar-refractivity contribution in [3.63, 3.8) is 0 Å². The topological polar surface area (TPSA) is 63.1 Å². The number of rotatable bonds is 3. The Morgan fingerprint density at radius 1 is 1.17 bits per heavy atom. The first-order valence-electron chi connectivity index (χ1n) is 9.42. The molecule has 1 atom stereocenters. The lowest BCUT2D eigenvalue weighted by atomic mass is 10.0. The minimum atomic E-state index is -4.42. The number of fused-ring (bicyclic) bond motifs is 1. The van der Waals surface area contributed by atoms with Gasteiger partial charge < -0.3 is 10.2 Å². The van der Waals surface area contributed by atoms with Gasteiger partial charge in [0.15, 0.2) is 0 Å². The largest absolute Gasteiger partial charge is 0.416 e. The van der Waals surface area contributed by atoms with Crippen molar-refractivity contribution in [2.75, 3.05) is 23.8 Å². The molecule has 0 saturated heterocycles. The Bertz CT molecular complexity index is 1100. The van der Waals surface area contributed by atoms with Crippen LogP contribution in [0.1, 0.15) is 34.7 Å². The highest BCUT2D eigenvalue weighted by Crippen LogP contribution is 2.35. The average molecular weight is 415 g/mol. The molecule has 1 aliphatic heterocycles. The summed E-state index contributed by atoms with van der Waals surface area (Å²) < 4.78 is 40.3. The molecule has 0 spiro atoms. The maximum absolute atomic E-state index is 13.4. The normalized spacial score (nSPS) is 16.5. The minimum absolute atomic E-state index is 0.138. The van der Waals surface area contributed by atoms with Crippen molar-refractivity contribution in [1.29, 1.82) is 0 Å². The summed E-state index contributed by atoms with van der Waals surface area (Å²) in [6.07, 6.45) is -2.78. The lowest BCUT2D eigenvalue weighted by Gasteiger charge is -2.32. The van der Waals surface area contributed by atoms with Crippen molar-refractivity contribution in [1.82, 2.24) is 14.8 Å². The zero-order chi connectivity index (χ0) is 21.6. The molecule has 3 aromatic rings. The quantitative estimate of drug-likeness (QED) is 0.683. The number of benzene rings is 1. The number of alkyl halides is 3. The van der Waals surface area contributed by atoms with Gasteiger partial charge in [0.2, 0.25) is 0 Å². The maximum Gasteiger partial charge on any atom is 0.416 e. The van der Waals surface area contributed by atoms with Gasteiger partial charge in [0.1, 0.15) is 11.5 Å². The standard InChI is InChI=1S/C21H20F3N5O/c1-12-8-14(9-18(25-3)27-12)17-10-26-29-13(2)11-28(20(30)19(17)29)16-6-4-15(5-7-16)21(22,23)24/h4-10,13H,11H2,1-3H3,(H,25,27)/t13-/m0/s1. The summed E-state index contributed by atoms with van der Waals surface area (Å²) in [6, 6.07) is 8.20. The number of amides is 1. The Balaban J connectivity index is 1.76. The van der Waals surface area contributed by atoms with Gasteiger partial charge in [0.05, 0.1) is 17.8 Å². The third-order valence-electron chi connectivity index (χ3n) is 5.13. The molecule has 9 heteroatoms. The van der Waals surface area contributed by atoms with Crippen LogP contribution in [0.2, 0.25) is 0 Å². The van der Waals surface area contributed by atoms with Crippen molar-refractivity contribution in [2.24, 2.45) is 0 Å². The van der Waals surface area contributed by atoms with Gasteiger partial charge in [-0.3, -0.25) is 9.48 Å². The number of carbonyl (C=O) groups excluding carboxylic acids is 1. The van der Waals surface area contributed by atoms with Gasteiger partial charge in [-0.15, -0.1) is 0 Å². The van der Waals surface area contributed by atoms with Crippen molar-refractivity contribution >= 4 is 17.4 Å². The van der Waals surface area contributed by atoms with Gasteiger partial charge in [-0.2, -0.15) is 18.3 Å². The van der Waals surface area contributed by atoms with E-state index >= 15 is 0 Å². The van der Waals surface area contributed by atoms with Crippen LogP contribution in [-0.4, -0.2) is 34.3 Å². The second kappa shape index (κ2) is 7.16. The molecule has 1 aliphatic rings. The molecule has 2 aromatic heterocycles. The summed E-state index contributed by atoms with van der Waals surface area (Å²) in [7, 11) is 1.76. The third-order valence-corrected chi connectivity index (χ3v) is 5.13. The molecule has 1 aromatic carbocycles. The SMILES string of the molecule is CNc1cc(-c2cnn3c2C(=O)N(c2ccc(C(F)(F)F)cc2)C[C@@H]3C)cc(C)n1. The molecule has 3 heterocycles. The second-order valence-electron chi connectivity index (χ2n) is 7.29. The first-order chi connectivity index (χ1) is 14.2. The molecular formula is C21H20F3N5O. The van der Waals surface area contributed by atoms with Crippen molar-refractivity contribution in [2.45, 2.75) is 26.1 Å². The van der Waals surface area contributed by atoms with Crippen LogP contribution in [0.25, 0.3) is 11.1 Å². The second-order valence-corrected chi connectivity index (χ2v) is 7.29. The molecule has 0 unspecified atom stereocenters. The summed E-state index contributed by atoms with van der Waals surface area (Å²) in [5, 5.41) is 7.40. The van der Waals surface area contributed by atoms with E-state index in [0.29, 0.717) is 29.3 Å². The highest BCUT2D eigenvalue weighted by atomic mass is 19.4. The van der Waals surface area contributed by atoms with E-state index in [1.54, 1.807) is 17.9 Å². The number of aromatic nitrogens is 3. The molecule has 0 radical (unpaired) electrons. The van der Waals surface area contributed by atoms with Crippen molar-refractivity contribution < 1.29 is 18.0 Å². The van der Waals surface area contributed by atoms with Gasteiger partial charge in [-0.25, -0.2) is 4.98 Å². The minimum Gasteiger partial charge on any atom is -0.373 e. The van der Waals surface area contributed by atoms with Crippen molar-refractivity contribution in [3.8, 4) is 11.1 Å². The Morgan fingerprint density at radius 3 is 2.50 bits per heavy atom. The monoisotopic (exact) mass is 415 g/mol. The molecule has 156 valence electrons. The predicted octanol–water partition coefficient (Wildman–Crippen LogP) is 4.54. The number of carbonyl (C=O) groups is 1. The maximum atomic E-state index is 13.4. The lowest BCUT2D eigenvalue weighted by Crippen LogP contribution is -2.42.